The van der Waals surface area contributed by atoms with Crippen LogP contribution >= 0.6 is 0 Å². The van der Waals surface area contributed by atoms with E-state index in [2.05, 4.69) is 315 Å². The van der Waals surface area contributed by atoms with Crippen molar-refractivity contribution in [3.05, 3.63) is 239 Å². The molecule has 0 bridgehead atoms. The molecule has 0 amide bonds. The molecule has 13 rings (SSSR count). The van der Waals surface area contributed by atoms with Gasteiger partial charge < -0.3 is 9.80 Å². The zero-order valence-corrected chi connectivity index (χ0v) is 55.0. The van der Waals surface area contributed by atoms with E-state index in [0.717, 1.165) is 0 Å². The molecular formula is C86H88N2. The van der Waals surface area contributed by atoms with Crippen LogP contribution in [0.15, 0.2) is 194 Å². The standard InChI is InChI=1S/C86H88N2/c1-49(2)59-37-60(50(3)4)42-67(41-59)87(68-43-61(51(5)6)38-62(44-68)52(7)8)77-35-33-75-81-71(77)29-23-31-73(81)83-79(57-25-19-17-20-26-57)86-76-34-36-78(72-30-24-32-74(82(72)76)84(86)80(85(75)83)58-27-21-18-22-28-58)88(69-45-63(53(9)10)39-64(46-69)54(11)12)70-47-65(55(13)14)40-66(48-70)56(15)16/h17-56H,1-16H3. The van der Waals surface area contributed by atoms with Crippen molar-refractivity contribution < 1.29 is 0 Å². The Bertz CT molecular complexity index is 4150. The lowest BCUT2D eigenvalue weighted by molar-refractivity contribution is 0.830. The molecule has 0 atom stereocenters. The van der Waals surface area contributed by atoms with Crippen LogP contribution in [0.5, 0.6) is 0 Å². The maximum absolute atomic E-state index is 2.61. The number of hydrogen-bond acceptors (Lipinski definition) is 2. The van der Waals surface area contributed by atoms with Crippen LogP contribution in [0.2, 0.25) is 0 Å². The molecule has 0 unspecified atom stereocenters. The minimum Gasteiger partial charge on any atom is -0.310 e. The third kappa shape index (κ3) is 9.96. The first-order chi connectivity index (χ1) is 42.3. The summed E-state index contributed by atoms with van der Waals surface area (Å²) in [5, 5.41) is 15.5. The van der Waals surface area contributed by atoms with Crippen LogP contribution < -0.4 is 9.80 Å². The van der Waals surface area contributed by atoms with Crippen molar-refractivity contribution in [1.82, 2.24) is 0 Å². The average molecular weight is 1150 g/mol. The summed E-state index contributed by atoms with van der Waals surface area (Å²) in [6, 6.07) is 76.5. The lowest BCUT2D eigenvalue weighted by Gasteiger charge is -2.30. The molecule has 0 fully saturated rings. The Morgan fingerprint density at radius 2 is 0.432 bits per heavy atom. The Balaban J connectivity index is 1.18. The molecular weight excluding hydrogens is 1060 g/mol. The highest BCUT2D eigenvalue weighted by molar-refractivity contribution is 6.47. The summed E-state index contributed by atoms with van der Waals surface area (Å²) < 4.78 is 0. The van der Waals surface area contributed by atoms with Crippen LogP contribution in [0.1, 0.15) is 203 Å². The summed E-state index contributed by atoms with van der Waals surface area (Å²) in [7, 11) is 0. The van der Waals surface area contributed by atoms with Crippen molar-refractivity contribution in [2.24, 2.45) is 0 Å². The van der Waals surface area contributed by atoms with Crippen LogP contribution in [0.25, 0.3) is 86.9 Å². The van der Waals surface area contributed by atoms with Crippen molar-refractivity contribution in [3.63, 3.8) is 0 Å². The Morgan fingerprint density at radius 1 is 0.205 bits per heavy atom. The Morgan fingerprint density at radius 3 is 0.670 bits per heavy atom. The fourth-order valence-corrected chi connectivity index (χ4v) is 14.3. The molecule has 0 saturated heterocycles. The van der Waals surface area contributed by atoms with E-state index in [1.165, 1.54) is 166 Å². The number of benzene rings is 11. The van der Waals surface area contributed by atoms with Crippen molar-refractivity contribution in [2.75, 3.05) is 9.80 Å². The lowest BCUT2D eigenvalue weighted by Crippen LogP contribution is -2.13. The van der Waals surface area contributed by atoms with E-state index in [0.29, 0.717) is 47.3 Å². The summed E-state index contributed by atoms with van der Waals surface area (Å²) in [5.41, 5.74) is 23.2. The summed E-state index contributed by atoms with van der Waals surface area (Å²) in [6.07, 6.45) is 0. The van der Waals surface area contributed by atoms with Crippen molar-refractivity contribution in [1.29, 1.82) is 0 Å². The van der Waals surface area contributed by atoms with E-state index < -0.39 is 0 Å². The van der Waals surface area contributed by atoms with Gasteiger partial charge in [-0.25, -0.2) is 0 Å². The topological polar surface area (TPSA) is 6.48 Å². The van der Waals surface area contributed by atoms with E-state index in [1.807, 2.05) is 0 Å². The second kappa shape index (κ2) is 22.9. The largest absolute Gasteiger partial charge is 0.310 e. The highest BCUT2D eigenvalue weighted by Crippen LogP contribution is 2.58. The summed E-state index contributed by atoms with van der Waals surface area (Å²) in [6.45, 7) is 37.4. The molecule has 0 spiro atoms. The molecule has 0 aliphatic carbocycles. The van der Waals surface area contributed by atoms with Crippen LogP contribution in [-0.4, -0.2) is 0 Å². The van der Waals surface area contributed by atoms with Gasteiger partial charge in [0.25, 0.3) is 0 Å². The molecule has 13 aromatic rings. The molecule has 0 radical (unpaired) electrons. The molecule has 442 valence electrons. The van der Waals surface area contributed by atoms with Gasteiger partial charge in [0.1, 0.15) is 0 Å². The van der Waals surface area contributed by atoms with Gasteiger partial charge in [-0.05, 0) is 229 Å². The predicted octanol–water partition coefficient (Wildman–Crippen LogP) is 26.7. The van der Waals surface area contributed by atoms with Gasteiger partial charge in [-0.1, -0.05) is 244 Å². The van der Waals surface area contributed by atoms with Crippen molar-refractivity contribution in [2.45, 2.75) is 158 Å². The molecule has 0 heterocycles. The zero-order chi connectivity index (χ0) is 61.7. The van der Waals surface area contributed by atoms with Gasteiger partial charge in [-0.2, -0.15) is 0 Å². The van der Waals surface area contributed by atoms with Gasteiger partial charge in [0, 0.05) is 33.5 Å². The van der Waals surface area contributed by atoms with Gasteiger partial charge in [0.2, 0.25) is 0 Å². The Hall–Kier alpha value is -8.46. The molecule has 0 aliphatic rings. The fraction of sp³-hybridized carbons (Fsp3) is 0.279. The first-order valence-electron chi connectivity index (χ1n) is 32.9. The van der Waals surface area contributed by atoms with Gasteiger partial charge in [0.15, 0.2) is 0 Å². The van der Waals surface area contributed by atoms with Crippen LogP contribution in [0.3, 0.4) is 0 Å². The smallest absolute Gasteiger partial charge is 0.0540 e. The third-order valence-corrected chi connectivity index (χ3v) is 19.4. The number of rotatable bonds is 16. The first-order valence-corrected chi connectivity index (χ1v) is 32.9. The van der Waals surface area contributed by atoms with Crippen LogP contribution in [-0.2, 0) is 0 Å². The number of nitrogens with zero attached hydrogens (tertiary/aromatic N) is 2. The van der Waals surface area contributed by atoms with Gasteiger partial charge in [-0.3, -0.25) is 0 Å². The predicted molar refractivity (Wildman–Crippen MR) is 387 cm³/mol. The average Bonchev–Trinajstić information content (AvgIpc) is 1.54. The normalized spacial score (nSPS) is 12.5. The quantitative estimate of drug-likeness (QED) is 0.0951. The third-order valence-electron chi connectivity index (χ3n) is 19.4. The minimum atomic E-state index is 0.366. The Kier molecular flexibility index (Phi) is 15.2. The van der Waals surface area contributed by atoms with Crippen molar-refractivity contribution >= 4 is 98.8 Å². The van der Waals surface area contributed by atoms with E-state index in [-0.39, 0.29) is 0 Å². The SMILES string of the molecule is CC(C)c1cc(C(C)C)cc(N(c2cc(C(C)C)cc(C(C)C)c2)c2ccc3c4c(-c5ccccc5)c5c6cccc7c(N(c8cc(C(C)C)cc(C(C)C)c8)c8cc(C(C)C)cc(C(C)C)c8)ccc(c5c(-c5ccccc5)c4c4cccc2c43)c76)c1. The minimum absolute atomic E-state index is 0.366. The fourth-order valence-electron chi connectivity index (χ4n) is 14.3. The van der Waals surface area contributed by atoms with E-state index >= 15 is 0 Å². The van der Waals surface area contributed by atoms with Gasteiger partial charge in [-0.15, -0.1) is 0 Å². The summed E-state index contributed by atoms with van der Waals surface area (Å²) in [5.74, 6) is 2.93. The molecule has 0 aliphatic heterocycles. The number of fused-ring (bicyclic) bond motifs is 6. The van der Waals surface area contributed by atoms with Crippen molar-refractivity contribution in [3.8, 4) is 22.3 Å². The molecule has 0 aromatic heterocycles. The second-order valence-corrected chi connectivity index (χ2v) is 28.0. The molecule has 0 N–H and O–H groups in total. The zero-order valence-electron chi connectivity index (χ0n) is 55.0. The maximum Gasteiger partial charge on any atom is 0.0540 e. The molecule has 2 heteroatoms. The lowest BCUT2D eigenvalue weighted by atomic mass is 9.87. The number of anilines is 6. The van der Waals surface area contributed by atoms with Gasteiger partial charge in [0.05, 0.1) is 11.4 Å². The number of hydrogen-bond donors (Lipinski definition) is 0. The van der Waals surface area contributed by atoms with E-state index in [9.17, 15) is 0 Å². The van der Waals surface area contributed by atoms with Crippen LogP contribution in [0, 0.1) is 0 Å². The molecule has 0 saturated carbocycles. The molecule has 2 nitrogen and oxygen atoms in total. The highest BCUT2D eigenvalue weighted by atomic mass is 15.2. The monoisotopic (exact) mass is 1150 g/mol. The second-order valence-electron chi connectivity index (χ2n) is 28.0. The maximum atomic E-state index is 2.61. The summed E-state index contributed by atoms with van der Waals surface area (Å²) >= 11 is 0. The van der Waals surface area contributed by atoms with Crippen LogP contribution in [0.4, 0.5) is 34.1 Å². The van der Waals surface area contributed by atoms with E-state index in [4.69, 9.17) is 0 Å². The first kappa shape index (κ1) is 58.6. The van der Waals surface area contributed by atoms with Gasteiger partial charge >= 0.3 is 0 Å². The molecule has 13 aromatic carbocycles. The molecule has 88 heavy (non-hydrogen) atoms. The summed E-state index contributed by atoms with van der Waals surface area (Å²) in [4.78, 5) is 5.22. The van der Waals surface area contributed by atoms with E-state index in [1.54, 1.807) is 0 Å². The Labute approximate surface area is 524 Å². The highest BCUT2D eigenvalue weighted by Gasteiger charge is 2.31.